The van der Waals surface area contributed by atoms with E-state index < -0.39 is 6.03 Å². The minimum Gasteiger partial charge on any atom is -0.379 e. The van der Waals surface area contributed by atoms with Crippen LogP contribution in [-0.4, -0.2) is 29.4 Å². The lowest BCUT2D eigenvalue weighted by molar-refractivity contribution is 0.168. The fourth-order valence-corrected chi connectivity index (χ4v) is 0.759. The van der Waals surface area contributed by atoms with Crippen molar-refractivity contribution in [2.75, 3.05) is 13.1 Å². The number of nitrogens with zero attached hydrogens (tertiary/aromatic N) is 2. The molecule has 0 saturated carbocycles. The molecular formula is C4H11N5O3. The van der Waals surface area contributed by atoms with Crippen LogP contribution in [0.15, 0.2) is 5.34 Å². The average molecular weight is 177 g/mol. The van der Waals surface area contributed by atoms with Crippen molar-refractivity contribution in [2.45, 2.75) is 6.42 Å². The van der Waals surface area contributed by atoms with Crippen LogP contribution in [0, 0.1) is 4.91 Å². The molecule has 1 aliphatic heterocycles. The normalized spacial score (nSPS) is 16.0. The Balaban J connectivity index is 0.000000354. The first-order chi connectivity index (χ1) is 5.70. The molecule has 1 fully saturated rings. The standard InChI is InChI=1S/C4H10N4O.HNO2/c5-4(9)7-8-3-1-2-6-8;2-1-3/h6H,1-3H2,(H3,5,7,9);(H,2,3). The zero-order chi connectivity index (χ0) is 9.40. The molecule has 1 rings (SSSR count). The van der Waals surface area contributed by atoms with E-state index in [1.165, 1.54) is 5.34 Å². The Kier molecular flexibility index (Phi) is 5.57. The Morgan fingerprint density at radius 3 is 2.67 bits per heavy atom. The minimum absolute atomic E-state index is 0.524. The maximum Gasteiger partial charge on any atom is 0.327 e. The molecule has 5 N–H and O–H groups in total. The second-order valence-electron chi connectivity index (χ2n) is 1.97. The summed E-state index contributed by atoms with van der Waals surface area (Å²) >= 11 is 0. The fourth-order valence-electron chi connectivity index (χ4n) is 0.759. The number of carbonyl (C=O) groups is 1. The minimum atomic E-state index is -0.524. The predicted octanol–water partition coefficient (Wildman–Crippen LogP) is -1.08. The predicted molar refractivity (Wildman–Crippen MR) is 39.6 cm³/mol. The van der Waals surface area contributed by atoms with Crippen LogP contribution in [0.2, 0.25) is 0 Å². The van der Waals surface area contributed by atoms with E-state index in [4.69, 9.17) is 15.8 Å². The molecule has 0 aliphatic carbocycles. The van der Waals surface area contributed by atoms with Crippen LogP contribution < -0.4 is 16.6 Å². The summed E-state index contributed by atoms with van der Waals surface area (Å²) in [5.41, 5.74) is 10.2. The van der Waals surface area contributed by atoms with Crippen molar-refractivity contribution in [1.29, 1.82) is 0 Å². The van der Waals surface area contributed by atoms with Gasteiger partial charge in [0.25, 0.3) is 0 Å². The molecule has 8 nitrogen and oxygen atoms in total. The van der Waals surface area contributed by atoms with Gasteiger partial charge in [0.15, 0.2) is 5.34 Å². The topological polar surface area (TPSA) is 120 Å². The van der Waals surface area contributed by atoms with Crippen LogP contribution in [0.4, 0.5) is 4.79 Å². The molecule has 0 bridgehead atoms. The van der Waals surface area contributed by atoms with E-state index in [1.54, 1.807) is 5.12 Å². The first kappa shape index (κ1) is 10.6. The summed E-state index contributed by atoms with van der Waals surface area (Å²) in [4.78, 5) is 18.3. The number of hydrogen-bond donors (Lipinski definition) is 4. The molecule has 12 heavy (non-hydrogen) atoms. The first-order valence-electron chi connectivity index (χ1n) is 3.24. The largest absolute Gasteiger partial charge is 0.379 e. The summed E-state index contributed by atoms with van der Waals surface area (Å²) in [7, 11) is 0. The van der Waals surface area contributed by atoms with Gasteiger partial charge in [-0.15, -0.1) is 4.91 Å². The van der Waals surface area contributed by atoms with Crippen molar-refractivity contribution in [3.05, 3.63) is 4.91 Å². The Hall–Kier alpha value is -1.41. The Morgan fingerprint density at radius 2 is 2.33 bits per heavy atom. The number of primary amides is 1. The highest BCUT2D eigenvalue weighted by molar-refractivity contribution is 5.70. The van der Waals surface area contributed by atoms with Gasteiger partial charge in [0.1, 0.15) is 0 Å². The molecule has 0 aromatic heterocycles. The summed E-state index contributed by atoms with van der Waals surface area (Å²) in [6.45, 7) is 1.73. The summed E-state index contributed by atoms with van der Waals surface area (Å²) < 4.78 is 0. The van der Waals surface area contributed by atoms with Crippen LogP contribution in [0.1, 0.15) is 6.42 Å². The first-order valence-corrected chi connectivity index (χ1v) is 3.24. The molecule has 8 heteroatoms. The van der Waals surface area contributed by atoms with Crippen LogP contribution in [0.3, 0.4) is 0 Å². The van der Waals surface area contributed by atoms with Crippen molar-refractivity contribution < 1.29 is 10.0 Å². The van der Waals surface area contributed by atoms with Gasteiger partial charge in [0.2, 0.25) is 0 Å². The van der Waals surface area contributed by atoms with Gasteiger partial charge in [-0.3, -0.25) is 5.43 Å². The molecule has 1 heterocycles. The Morgan fingerprint density at radius 1 is 1.75 bits per heavy atom. The van der Waals surface area contributed by atoms with Crippen LogP contribution in [-0.2, 0) is 0 Å². The van der Waals surface area contributed by atoms with Crippen molar-refractivity contribution in [3.8, 4) is 0 Å². The number of nitrogens with two attached hydrogens (primary N) is 1. The maximum atomic E-state index is 10.2. The molecule has 1 saturated heterocycles. The summed E-state index contributed by atoms with van der Waals surface area (Å²) in [5.74, 6) is 0. The van der Waals surface area contributed by atoms with E-state index in [2.05, 4.69) is 10.9 Å². The molecule has 0 spiro atoms. The van der Waals surface area contributed by atoms with E-state index in [0.717, 1.165) is 19.5 Å². The number of carbonyl (C=O) groups excluding carboxylic acids is 1. The van der Waals surface area contributed by atoms with E-state index in [0.29, 0.717) is 0 Å². The molecular weight excluding hydrogens is 166 g/mol. The quantitative estimate of drug-likeness (QED) is 0.300. The highest BCUT2D eigenvalue weighted by Crippen LogP contribution is 1.89. The van der Waals surface area contributed by atoms with Crippen molar-refractivity contribution in [1.82, 2.24) is 16.0 Å². The van der Waals surface area contributed by atoms with Gasteiger partial charge in [-0.25, -0.2) is 10.2 Å². The number of hydrazine groups is 2. The fraction of sp³-hybridized carbons (Fsp3) is 0.750. The van der Waals surface area contributed by atoms with E-state index in [1.807, 2.05) is 0 Å². The summed E-state index contributed by atoms with van der Waals surface area (Å²) in [6, 6.07) is -0.524. The van der Waals surface area contributed by atoms with Crippen LogP contribution in [0.25, 0.3) is 0 Å². The Bertz CT molecular complexity index is 146. The molecule has 0 aromatic rings. The van der Waals surface area contributed by atoms with Gasteiger partial charge < -0.3 is 10.9 Å². The van der Waals surface area contributed by atoms with Gasteiger partial charge in [-0.05, 0) is 6.42 Å². The molecule has 0 radical (unpaired) electrons. The monoisotopic (exact) mass is 177 g/mol. The average Bonchev–Trinajstić information content (AvgIpc) is 2.40. The lowest BCUT2D eigenvalue weighted by Crippen LogP contribution is -2.48. The number of urea groups is 1. The zero-order valence-electron chi connectivity index (χ0n) is 6.36. The second kappa shape index (κ2) is 6.31. The number of amides is 2. The molecule has 0 aromatic carbocycles. The van der Waals surface area contributed by atoms with Crippen LogP contribution >= 0.6 is 0 Å². The highest BCUT2D eigenvalue weighted by Gasteiger charge is 2.10. The van der Waals surface area contributed by atoms with Gasteiger partial charge in [0.05, 0.1) is 0 Å². The maximum absolute atomic E-state index is 10.2. The SMILES string of the molecule is NC(=O)NN1CCCN1.O=NO. The lowest BCUT2D eigenvalue weighted by Gasteiger charge is -2.13. The van der Waals surface area contributed by atoms with E-state index >= 15 is 0 Å². The third-order valence-electron chi connectivity index (χ3n) is 1.11. The van der Waals surface area contributed by atoms with Crippen molar-refractivity contribution in [3.63, 3.8) is 0 Å². The lowest BCUT2D eigenvalue weighted by atomic mass is 10.5. The highest BCUT2D eigenvalue weighted by atomic mass is 16.6. The van der Waals surface area contributed by atoms with Gasteiger partial charge in [-0.1, -0.05) is 0 Å². The summed E-state index contributed by atoms with van der Waals surface area (Å²) in [5, 5.41) is 9.47. The van der Waals surface area contributed by atoms with Gasteiger partial charge >= 0.3 is 6.03 Å². The van der Waals surface area contributed by atoms with Crippen molar-refractivity contribution in [2.24, 2.45) is 11.1 Å². The third-order valence-corrected chi connectivity index (χ3v) is 1.11. The van der Waals surface area contributed by atoms with Gasteiger partial charge in [0, 0.05) is 13.1 Å². The molecule has 0 unspecified atom stereocenters. The number of hydrogen-bond acceptors (Lipinski definition) is 5. The van der Waals surface area contributed by atoms with Crippen molar-refractivity contribution >= 4 is 6.03 Å². The van der Waals surface area contributed by atoms with E-state index in [9.17, 15) is 4.79 Å². The molecule has 1 aliphatic rings. The van der Waals surface area contributed by atoms with Gasteiger partial charge in [-0.2, -0.15) is 5.12 Å². The number of nitrogens with one attached hydrogen (secondary N) is 2. The van der Waals surface area contributed by atoms with Crippen LogP contribution in [0.5, 0.6) is 0 Å². The summed E-state index contributed by atoms with van der Waals surface area (Å²) in [6.07, 6.45) is 1.04. The van der Waals surface area contributed by atoms with E-state index in [-0.39, 0.29) is 0 Å². The smallest absolute Gasteiger partial charge is 0.327 e. The number of rotatable bonds is 1. The molecule has 0 atom stereocenters. The molecule has 2 amide bonds. The second-order valence-corrected chi connectivity index (χ2v) is 1.97. The zero-order valence-corrected chi connectivity index (χ0v) is 6.36. The third kappa shape index (κ3) is 5.38. The molecule has 70 valence electrons. The Labute approximate surface area is 68.6 Å².